The molecule has 0 aliphatic carbocycles. The standard InChI is InChI=1S/C9H18O4/c10-6-2-1-4-8(12)9(13)5-3-7-11/h3,5,8-13H,1-2,4,6-7H2. The number of unbranched alkanes of at least 4 members (excludes halogenated alkanes) is 1. The molecule has 0 amide bonds. The lowest BCUT2D eigenvalue weighted by molar-refractivity contribution is 0.0404. The van der Waals surface area contributed by atoms with E-state index in [0.29, 0.717) is 19.3 Å². The fraction of sp³-hybridized carbons (Fsp3) is 0.778. The van der Waals surface area contributed by atoms with Crippen LogP contribution in [0.15, 0.2) is 12.2 Å². The van der Waals surface area contributed by atoms with Gasteiger partial charge >= 0.3 is 0 Å². The molecule has 2 atom stereocenters. The minimum atomic E-state index is -0.925. The zero-order valence-electron chi connectivity index (χ0n) is 7.63. The first-order valence-electron chi connectivity index (χ1n) is 4.47. The van der Waals surface area contributed by atoms with Gasteiger partial charge in [-0.15, -0.1) is 0 Å². The fourth-order valence-electron chi connectivity index (χ4n) is 0.965. The van der Waals surface area contributed by atoms with Crippen molar-refractivity contribution in [3.8, 4) is 0 Å². The molecule has 4 nitrogen and oxygen atoms in total. The summed E-state index contributed by atoms with van der Waals surface area (Å²) >= 11 is 0. The average Bonchev–Trinajstić information content (AvgIpc) is 2.14. The van der Waals surface area contributed by atoms with Crippen LogP contribution in [-0.4, -0.2) is 45.8 Å². The van der Waals surface area contributed by atoms with E-state index in [4.69, 9.17) is 10.2 Å². The number of rotatable bonds is 7. The summed E-state index contributed by atoms with van der Waals surface area (Å²) in [5.74, 6) is 0. The van der Waals surface area contributed by atoms with Crippen LogP contribution in [0.1, 0.15) is 19.3 Å². The zero-order valence-corrected chi connectivity index (χ0v) is 7.63. The molecule has 0 aromatic carbocycles. The molecular weight excluding hydrogens is 172 g/mol. The van der Waals surface area contributed by atoms with Crippen LogP contribution in [0.3, 0.4) is 0 Å². The number of hydrogen-bond donors (Lipinski definition) is 4. The SMILES string of the molecule is OCC=CC(O)C(O)CCCCO. The van der Waals surface area contributed by atoms with Crippen LogP contribution < -0.4 is 0 Å². The van der Waals surface area contributed by atoms with Crippen LogP contribution in [0, 0.1) is 0 Å². The van der Waals surface area contributed by atoms with Crippen LogP contribution in [0.4, 0.5) is 0 Å². The topological polar surface area (TPSA) is 80.9 Å². The summed E-state index contributed by atoms with van der Waals surface area (Å²) in [5, 5.41) is 35.4. The second kappa shape index (κ2) is 8.19. The highest BCUT2D eigenvalue weighted by Gasteiger charge is 2.11. The van der Waals surface area contributed by atoms with E-state index in [2.05, 4.69) is 0 Å². The summed E-state index contributed by atoms with van der Waals surface area (Å²) in [6.45, 7) is -0.0320. The van der Waals surface area contributed by atoms with Gasteiger partial charge in [0.05, 0.1) is 18.8 Å². The zero-order chi connectivity index (χ0) is 10.1. The van der Waals surface area contributed by atoms with Crippen molar-refractivity contribution in [3.05, 3.63) is 12.2 Å². The Kier molecular flexibility index (Phi) is 7.93. The van der Waals surface area contributed by atoms with E-state index in [9.17, 15) is 10.2 Å². The van der Waals surface area contributed by atoms with Gasteiger partial charge in [-0.3, -0.25) is 0 Å². The summed E-state index contributed by atoms with van der Waals surface area (Å²) in [4.78, 5) is 0. The third-order valence-corrected chi connectivity index (χ3v) is 1.74. The molecule has 0 aliphatic rings. The average molecular weight is 190 g/mol. The van der Waals surface area contributed by atoms with Gasteiger partial charge in [0.2, 0.25) is 0 Å². The molecule has 0 fully saturated rings. The predicted octanol–water partition coefficient (Wildman–Crippen LogP) is -0.581. The lowest BCUT2D eigenvalue weighted by Gasteiger charge is -2.13. The highest BCUT2D eigenvalue weighted by atomic mass is 16.3. The van der Waals surface area contributed by atoms with Crippen LogP contribution in [0.2, 0.25) is 0 Å². The largest absolute Gasteiger partial charge is 0.396 e. The van der Waals surface area contributed by atoms with Gasteiger partial charge in [-0.1, -0.05) is 12.2 Å². The minimum Gasteiger partial charge on any atom is -0.396 e. The Hall–Kier alpha value is -0.420. The summed E-state index contributed by atoms with van der Waals surface area (Å²) in [6.07, 6.45) is 2.79. The van der Waals surface area contributed by atoms with Gasteiger partial charge in [-0.05, 0) is 19.3 Å². The summed E-state index contributed by atoms with van der Waals surface area (Å²) in [7, 11) is 0. The van der Waals surface area contributed by atoms with E-state index < -0.39 is 12.2 Å². The predicted molar refractivity (Wildman–Crippen MR) is 49.2 cm³/mol. The third kappa shape index (κ3) is 6.72. The smallest absolute Gasteiger partial charge is 0.0980 e. The van der Waals surface area contributed by atoms with Crippen LogP contribution in [0.25, 0.3) is 0 Å². The maximum Gasteiger partial charge on any atom is 0.0980 e. The maximum absolute atomic E-state index is 9.31. The minimum absolute atomic E-state index is 0.106. The highest BCUT2D eigenvalue weighted by Crippen LogP contribution is 2.05. The monoisotopic (exact) mass is 190 g/mol. The van der Waals surface area contributed by atoms with Crippen molar-refractivity contribution in [1.82, 2.24) is 0 Å². The Bertz CT molecular complexity index is 136. The van der Waals surface area contributed by atoms with E-state index in [-0.39, 0.29) is 13.2 Å². The van der Waals surface area contributed by atoms with E-state index in [1.165, 1.54) is 12.2 Å². The van der Waals surface area contributed by atoms with E-state index in [1.807, 2.05) is 0 Å². The molecular formula is C9H18O4. The quantitative estimate of drug-likeness (QED) is 0.320. The van der Waals surface area contributed by atoms with E-state index in [1.54, 1.807) is 0 Å². The molecule has 13 heavy (non-hydrogen) atoms. The summed E-state index contributed by atoms with van der Waals surface area (Å²) < 4.78 is 0. The molecule has 0 radical (unpaired) electrons. The summed E-state index contributed by atoms with van der Waals surface area (Å²) in [6, 6.07) is 0. The van der Waals surface area contributed by atoms with Crippen molar-refractivity contribution >= 4 is 0 Å². The molecule has 4 heteroatoms. The van der Waals surface area contributed by atoms with Gasteiger partial charge in [-0.2, -0.15) is 0 Å². The van der Waals surface area contributed by atoms with Gasteiger partial charge in [0.25, 0.3) is 0 Å². The first-order chi connectivity index (χ1) is 6.22. The Morgan fingerprint density at radius 2 is 1.77 bits per heavy atom. The Morgan fingerprint density at radius 3 is 2.31 bits per heavy atom. The van der Waals surface area contributed by atoms with Crippen molar-refractivity contribution in [2.45, 2.75) is 31.5 Å². The van der Waals surface area contributed by atoms with Crippen molar-refractivity contribution < 1.29 is 20.4 Å². The molecule has 0 heterocycles. The van der Waals surface area contributed by atoms with E-state index in [0.717, 1.165) is 0 Å². The van der Waals surface area contributed by atoms with Gasteiger partial charge in [0, 0.05) is 6.61 Å². The first-order valence-corrected chi connectivity index (χ1v) is 4.47. The van der Waals surface area contributed by atoms with Gasteiger partial charge in [0.15, 0.2) is 0 Å². The third-order valence-electron chi connectivity index (χ3n) is 1.74. The van der Waals surface area contributed by atoms with Crippen LogP contribution in [-0.2, 0) is 0 Å². The lowest BCUT2D eigenvalue weighted by atomic mass is 10.1. The molecule has 0 spiro atoms. The van der Waals surface area contributed by atoms with Gasteiger partial charge in [-0.25, -0.2) is 0 Å². The molecule has 0 rings (SSSR count). The molecule has 4 N–H and O–H groups in total. The molecule has 0 aromatic heterocycles. The fourth-order valence-corrected chi connectivity index (χ4v) is 0.965. The van der Waals surface area contributed by atoms with Crippen molar-refractivity contribution in [2.75, 3.05) is 13.2 Å². The van der Waals surface area contributed by atoms with Gasteiger partial charge < -0.3 is 20.4 Å². The molecule has 78 valence electrons. The highest BCUT2D eigenvalue weighted by molar-refractivity contribution is 4.91. The second-order valence-corrected chi connectivity index (χ2v) is 2.89. The Morgan fingerprint density at radius 1 is 1.08 bits per heavy atom. The second-order valence-electron chi connectivity index (χ2n) is 2.89. The molecule has 2 unspecified atom stereocenters. The number of aliphatic hydroxyl groups is 4. The van der Waals surface area contributed by atoms with Crippen molar-refractivity contribution in [3.63, 3.8) is 0 Å². The lowest BCUT2D eigenvalue weighted by Crippen LogP contribution is -2.23. The van der Waals surface area contributed by atoms with E-state index >= 15 is 0 Å². The number of aliphatic hydroxyl groups excluding tert-OH is 4. The molecule has 0 saturated heterocycles. The van der Waals surface area contributed by atoms with Gasteiger partial charge in [0.1, 0.15) is 0 Å². The molecule has 0 aromatic rings. The maximum atomic E-state index is 9.31. The molecule has 0 aliphatic heterocycles. The van der Waals surface area contributed by atoms with Crippen molar-refractivity contribution in [2.24, 2.45) is 0 Å². The molecule has 0 saturated carbocycles. The normalized spacial score (nSPS) is 16.3. The Balaban J connectivity index is 3.56. The van der Waals surface area contributed by atoms with Crippen LogP contribution >= 0.6 is 0 Å². The Labute approximate surface area is 78.1 Å². The molecule has 0 bridgehead atoms. The van der Waals surface area contributed by atoms with Crippen LogP contribution in [0.5, 0.6) is 0 Å². The summed E-state index contributed by atoms with van der Waals surface area (Å²) in [5.41, 5.74) is 0. The first kappa shape index (κ1) is 12.6. The number of hydrogen-bond acceptors (Lipinski definition) is 4. The van der Waals surface area contributed by atoms with Crippen molar-refractivity contribution in [1.29, 1.82) is 0 Å².